The van der Waals surface area contributed by atoms with E-state index in [1.807, 2.05) is 84.9 Å². The van der Waals surface area contributed by atoms with Gasteiger partial charge in [0.05, 0.1) is 6.61 Å². The summed E-state index contributed by atoms with van der Waals surface area (Å²) in [5.41, 5.74) is 3.54. The zero-order valence-corrected chi connectivity index (χ0v) is 18.2. The summed E-state index contributed by atoms with van der Waals surface area (Å²) >= 11 is 0. The third kappa shape index (κ3) is 4.89. The molecule has 0 saturated carbocycles. The molecule has 0 spiro atoms. The average molecular weight is 446 g/mol. The number of benzene rings is 3. The highest BCUT2D eigenvalue weighted by molar-refractivity contribution is 6.01. The minimum atomic E-state index is -1.27. The molecule has 33 heavy (non-hydrogen) atoms. The molecular formula is C26H27N3O4. The largest absolute Gasteiger partial charge is 0.494 e. The first kappa shape index (κ1) is 22.5. The van der Waals surface area contributed by atoms with E-state index in [0.29, 0.717) is 31.1 Å². The van der Waals surface area contributed by atoms with Crippen LogP contribution in [-0.2, 0) is 16.0 Å². The number of nitrogens with one attached hydrogen (secondary N) is 1. The van der Waals surface area contributed by atoms with Crippen molar-refractivity contribution in [3.8, 4) is 5.75 Å². The van der Waals surface area contributed by atoms with Gasteiger partial charge >= 0.3 is 0 Å². The molecule has 1 heterocycles. The van der Waals surface area contributed by atoms with Crippen LogP contribution in [0.25, 0.3) is 0 Å². The van der Waals surface area contributed by atoms with Crippen LogP contribution >= 0.6 is 0 Å². The van der Waals surface area contributed by atoms with Gasteiger partial charge in [-0.25, -0.2) is 10.8 Å². The SMILES string of the molecule is NNC(=O)[C@@]1(Cc2ccccc2)N=C(c2ccc(OCCCO)cc2)O[C@H]1c1ccccc1. The summed E-state index contributed by atoms with van der Waals surface area (Å²) in [5.74, 6) is 6.26. The predicted octanol–water partition coefficient (Wildman–Crippen LogP) is 2.94. The zero-order valence-electron chi connectivity index (χ0n) is 18.2. The number of ether oxygens (including phenoxy) is 2. The number of carbonyl (C=O) groups is 1. The van der Waals surface area contributed by atoms with E-state index in [1.165, 1.54) is 0 Å². The summed E-state index contributed by atoms with van der Waals surface area (Å²) in [6.07, 6.45) is 0.229. The highest BCUT2D eigenvalue weighted by atomic mass is 16.5. The van der Waals surface area contributed by atoms with Crippen molar-refractivity contribution >= 4 is 11.8 Å². The molecule has 4 rings (SSSR count). The first-order valence-corrected chi connectivity index (χ1v) is 10.9. The summed E-state index contributed by atoms with van der Waals surface area (Å²) in [4.78, 5) is 18.1. The molecule has 0 saturated heterocycles. The van der Waals surface area contributed by atoms with Crippen LogP contribution in [0.15, 0.2) is 89.9 Å². The maximum Gasteiger partial charge on any atom is 0.266 e. The Bertz CT molecular complexity index is 1090. The van der Waals surface area contributed by atoms with Crippen LogP contribution < -0.4 is 16.0 Å². The molecule has 0 radical (unpaired) electrons. The molecule has 1 amide bonds. The highest BCUT2D eigenvalue weighted by Gasteiger charge is 2.53. The van der Waals surface area contributed by atoms with Crippen LogP contribution in [0.4, 0.5) is 0 Å². The van der Waals surface area contributed by atoms with Crippen LogP contribution in [0.2, 0.25) is 0 Å². The Morgan fingerprint density at radius 1 is 1.03 bits per heavy atom. The van der Waals surface area contributed by atoms with Gasteiger partial charge in [0.2, 0.25) is 5.90 Å². The number of hydrogen-bond donors (Lipinski definition) is 3. The van der Waals surface area contributed by atoms with Gasteiger partial charge in [0.15, 0.2) is 11.6 Å². The van der Waals surface area contributed by atoms with Crippen molar-refractivity contribution < 1.29 is 19.4 Å². The fourth-order valence-corrected chi connectivity index (χ4v) is 3.94. The number of aliphatic imine (C=N–C) groups is 1. The number of aliphatic hydroxyl groups excluding tert-OH is 1. The predicted molar refractivity (Wildman–Crippen MR) is 126 cm³/mol. The van der Waals surface area contributed by atoms with Crippen LogP contribution in [0, 0.1) is 0 Å². The maximum atomic E-state index is 13.2. The Morgan fingerprint density at radius 3 is 2.33 bits per heavy atom. The van der Waals surface area contributed by atoms with Crippen molar-refractivity contribution in [2.45, 2.75) is 24.5 Å². The summed E-state index contributed by atoms with van der Waals surface area (Å²) < 4.78 is 12.0. The fraction of sp³-hybridized carbons (Fsp3) is 0.231. The van der Waals surface area contributed by atoms with Crippen molar-refractivity contribution in [3.63, 3.8) is 0 Å². The molecule has 7 heteroatoms. The molecular weight excluding hydrogens is 418 g/mol. The van der Waals surface area contributed by atoms with E-state index in [2.05, 4.69) is 5.43 Å². The number of hydrazine groups is 1. The lowest BCUT2D eigenvalue weighted by molar-refractivity contribution is -0.129. The molecule has 0 aliphatic carbocycles. The molecule has 0 unspecified atom stereocenters. The second kappa shape index (κ2) is 10.3. The van der Waals surface area contributed by atoms with Gasteiger partial charge in [-0.3, -0.25) is 10.2 Å². The van der Waals surface area contributed by atoms with E-state index in [9.17, 15) is 4.79 Å². The minimum absolute atomic E-state index is 0.0797. The molecule has 2 atom stereocenters. The van der Waals surface area contributed by atoms with Crippen LogP contribution in [-0.4, -0.2) is 35.7 Å². The fourth-order valence-electron chi connectivity index (χ4n) is 3.94. The van der Waals surface area contributed by atoms with E-state index in [1.54, 1.807) is 0 Å². The van der Waals surface area contributed by atoms with Crippen molar-refractivity contribution in [2.24, 2.45) is 10.8 Å². The van der Waals surface area contributed by atoms with Gasteiger partial charge in [-0.2, -0.15) is 0 Å². The Balaban J connectivity index is 1.72. The van der Waals surface area contributed by atoms with Gasteiger partial charge in [0, 0.05) is 25.0 Å². The maximum absolute atomic E-state index is 13.2. The van der Waals surface area contributed by atoms with Crippen molar-refractivity contribution in [2.75, 3.05) is 13.2 Å². The van der Waals surface area contributed by atoms with Crippen molar-refractivity contribution in [1.82, 2.24) is 5.43 Å². The number of rotatable bonds is 9. The van der Waals surface area contributed by atoms with Gasteiger partial charge in [0.25, 0.3) is 5.91 Å². The Kier molecular flexibility index (Phi) is 7.02. The van der Waals surface area contributed by atoms with Crippen LogP contribution in [0.1, 0.15) is 29.2 Å². The highest BCUT2D eigenvalue weighted by Crippen LogP contribution is 2.42. The van der Waals surface area contributed by atoms with Crippen LogP contribution in [0.5, 0.6) is 5.75 Å². The zero-order chi connectivity index (χ0) is 23.1. The smallest absolute Gasteiger partial charge is 0.266 e. The van der Waals surface area contributed by atoms with Crippen molar-refractivity contribution in [1.29, 1.82) is 0 Å². The molecule has 1 aliphatic rings. The lowest BCUT2D eigenvalue weighted by Crippen LogP contribution is -2.52. The van der Waals surface area contributed by atoms with Gasteiger partial charge in [-0.05, 0) is 35.4 Å². The van der Waals surface area contributed by atoms with E-state index in [4.69, 9.17) is 25.4 Å². The lowest BCUT2D eigenvalue weighted by Gasteiger charge is -2.30. The summed E-state index contributed by atoms with van der Waals surface area (Å²) in [5, 5.41) is 8.92. The van der Waals surface area contributed by atoms with E-state index in [0.717, 1.165) is 16.7 Å². The van der Waals surface area contributed by atoms with Gasteiger partial charge in [-0.1, -0.05) is 60.7 Å². The van der Waals surface area contributed by atoms with Gasteiger partial charge in [0.1, 0.15) is 5.75 Å². The van der Waals surface area contributed by atoms with E-state index >= 15 is 0 Å². The van der Waals surface area contributed by atoms with Crippen molar-refractivity contribution in [3.05, 3.63) is 102 Å². The van der Waals surface area contributed by atoms with Gasteiger partial charge in [-0.15, -0.1) is 0 Å². The average Bonchev–Trinajstić information content (AvgIpc) is 3.25. The van der Waals surface area contributed by atoms with E-state index < -0.39 is 17.6 Å². The molecule has 4 N–H and O–H groups in total. The van der Waals surface area contributed by atoms with Gasteiger partial charge < -0.3 is 14.6 Å². The Labute approximate surface area is 192 Å². The first-order chi connectivity index (χ1) is 16.2. The van der Waals surface area contributed by atoms with Crippen LogP contribution in [0.3, 0.4) is 0 Å². The normalized spacial score (nSPS) is 19.5. The number of nitrogens with two attached hydrogens (primary N) is 1. The first-order valence-electron chi connectivity index (χ1n) is 10.9. The third-order valence-corrected chi connectivity index (χ3v) is 5.58. The number of aliphatic hydroxyl groups is 1. The molecule has 3 aromatic rings. The molecule has 7 nitrogen and oxygen atoms in total. The second-order valence-electron chi connectivity index (χ2n) is 7.84. The molecule has 0 bridgehead atoms. The summed E-state index contributed by atoms with van der Waals surface area (Å²) in [7, 11) is 0. The van der Waals surface area contributed by atoms with E-state index in [-0.39, 0.29) is 6.61 Å². The quantitative estimate of drug-likeness (QED) is 0.203. The number of nitrogens with zero attached hydrogens (tertiary/aromatic N) is 1. The molecule has 1 aliphatic heterocycles. The minimum Gasteiger partial charge on any atom is -0.494 e. The Morgan fingerprint density at radius 2 is 1.70 bits per heavy atom. The number of carbonyl (C=O) groups excluding carboxylic acids is 1. The number of amides is 1. The Hall–Kier alpha value is -3.68. The monoisotopic (exact) mass is 445 g/mol. The molecule has 0 aromatic heterocycles. The summed E-state index contributed by atoms with van der Waals surface area (Å²) in [6, 6.07) is 26.6. The standard InChI is InChI=1S/C26H27N3O4/c27-29-25(31)26(18-19-8-3-1-4-9-19)23(20-10-5-2-6-11-20)33-24(28-26)21-12-14-22(15-13-21)32-17-7-16-30/h1-6,8-15,23,30H,7,16-18,27H2,(H,29,31)/t23-,26-/m0/s1. The summed E-state index contributed by atoms with van der Waals surface area (Å²) in [6.45, 7) is 0.510. The molecule has 170 valence electrons. The lowest BCUT2D eigenvalue weighted by atomic mass is 9.82. The number of hydrogen-bond acceptors (Lipinski definition) is 6. The molecule has 3 aromatic carbocycles. The topological polar surface area (TPSA) is 106 Å². The molecule has 0 fully saturated rings. The third-order valence-electron chi connectivity index (χ3n) is 5.58. The second-order valence-corrected chi connectivity index (χ2v) is 7.84.